The Morgan fingerprint density at radius 2 is 1.89 bits per heavy atom. The number of hydrogen-bond acceptors (Lipinski definition) is 4. The van der Waals surface area contributed by atoms with Crippen molar-refractivity contribution in [3.05, 3.63) is 17.0 Å². The van der Waals surface area contributed by atoms with Crippen molar-refractivity contribution in [1.82, 2.24) is 14.7 Å². The third-order valence-electron chi connectivity index (χ3n) is 5.15. The lowest BCUT2D eigenvalue weighted by Gasteiger charge is -2.27. The van der Waals surface area contributed by atoms with Crippen LogP contribution in [0, 0.1) is 11.8 Å². The van der Waals surface area contributed by atoms with E-state index in [-0.39, 0.29) is 0 Å². The maximum absolute atomic E-state index is 10.6. The van der Waals surface area contributed by atoms with Gasteiger partial charge in [-0.1, -0.05) is 0 Å². The summed E-state index contributed by atoms with van der Waals surface area (Å²) < 4.78 is 39.7. The molecule has 0 saturated heterocycles. The Labute approximate surface area is 156 Å². The Kier molecular flexibility index (Phi) is 6.10. The van der Waals surface area contributed by atoms with Gasteiger partial charge in [0, 0.05) is 38.9 Å². The summed E-state index contributed by atoms with van der Waals surface area (Å²) in [5.41, 5.74) is 4.08. The van der Waals surface area contributed by atoms with Gasteiger partial charge in [0.25, 0.3) is 0 Å². The zero-order chi connectivity index (χ0) is 19.6. The Bertz CT molecular complexity index is 667. The highest BCUT2D eigenvalue weighted by Gasteiger charge is 2.38. The minimum absolute atomic E-state index is 0.711. The van der Waals surface area contributed by atoms with Crippen molar-refractivity contribution in [3.63, 3.8) is 0 Å². The molecule has 1 aromatic rings. The molecule has 4 rings (SSSR count). The highest BCUT2D eigenvalue weighted by molar-refractivity contribution is 5.73. The molecule has 2 heterocycles. The summed E-state index contributed by atoms with van der Waals surface area (Å²) in [6, 6.07) is 0. The number of hydrogen-bond donors (Lipinski definition) is 1. The summed E-state index contributed by atoms with van der Waals surface area (Å²) >= 11 is 0. The molecule has 0 spiro atoms. The van der Waals surface area contributed by atoms with Gasteiger partial charge in [0.1, 0.15) is 0 Å². The van der Waals surface area contributed by atoms with Crippen molar-refractivity contribution in [2.24, 2.45) is 18.9 Å². The molecule has 1 N–H and O–H groups in total. The second-order valence-corrected chi connectivity index (χ2v) is 7.69. The van der Waals surface area contributed by atoms with E-state index in [0.29, 0.717) is 6.61 Å². The van der Waals surface area contributed by atoms with Crippen LogP contribution >= 0.6 is 0 Å². The minimum Gasteiger partial charge on any atom is -0.475 e. The second-order valence-electron chi connectivity index (χ2n) is 7.69. The van der Waals surface area contributed by atoms with Crippen LogP contribution in [0.4, 0.5) is 13.2 Å². The number of fused-ring (bicyclic) bond motifs is 1. The number of halogens is 3. The highest BCUT2D eigenvalue weighted by atomic mass is 19.4. The van der Waals surface area contributed by atoms with Gasteiger partial charge in [-0.15, -0.1) is 0 Å². The first kappa shape index (κ1) is 20.1. The Hall–Kier alpha value is -1.61. The summed E-state index contributed by atoms with van der Waals surface area (Å²) in [5, 5.41) is 11.8. The number of carbonyl (C=O) groups is 1. The fourth-order valence-electron chi connectivity index (χ4n) is 3.25. The van der Waals surface area contributed by atoms with Gasteiger partial charge in [0.05, 0.1) is 18.0 Å². The van der Waals surface area contributed by atoms with Gasteiger partial charge in [0.15, 0.2) is 0 Å². The minimum atomic E-state index is -5.08. The first-order valence-corrected chi connectivity index (χ1v) is 9.38. The standard InChI is InChI=1S/C16H25N3O.C2HF3O2/c1-18-16-9-19(8-12-2-3-12)7-6-14(16)15(17-18)11-20-10-13-4-5-13;3-2(4,5)1(6)7/h12-13H,2-11H2,1H3;(H,6,7). The predicted octanol–water partition coefficient (Wildman–Crippen LogP) is 2.75. The Morgan fingerprint density at radius 3 is 2.44 bits per heavy atom. The first-order valence-electron chi connectivity index (χ1n) is 9.38. The average Bonchev–Trinajstić information content (AvgIpc) is 3.50. The molecule has 0 unspecified atom stereocenters. The topological polar surface area (TPSA) is 67.6 Å². The van der Waals surface area contributed by atoms with E-state index >= 15 is 0 Å². The number of aliphatic carboxylic acids is 1. The van der Waals surface area contributed by atoms with E-state index in [9.17, 15) is 13.2 Å². The molecule has 2 aliphatic carbocycles. The number of aryl methyl sites for hydroxylation is 1. The fourth-order valence-corrected chi connectivity index (χ4v) is 3.25. The predicted molar refractivity (Wildman–Crippen MR) is 91.0 cm³/mol. The van der Waals surface area contributed by atoms with E-state index in [4.69, 9.17) is 19.7 Å². The maximum Gasteiger partial charge on any atom is 0.490 e. The van der Waals surface area contributed by atoms with Crippen LogP contribution < -0.4 is 0 Å². The molecular weight excluding hydrogens is 363 g/mol. The van der Waals surface area contributed by atoms with E-state index in [2.05, 4.69) is 16.6 Å². The number of nitrogens with zero attached hydrogens (tertiary/aromatic N) is 3. The molecule has 1 aliphatic heterocycles. The van der Waals surface area contributed by atoms with Crippen LogP contribution in [0.25, 0.3) is 0 Å². The number of ether oxygens (including phenoxy) is 1. The van der Waals surface area contributed by atoms with Crippen LogP contribution in [-0.4, -0.2) is 51.6 Å². The van der Waals surface area contributed by atoms with E-state index in [1.807, 2.05) is 0 Å². The molecule has 0 radical (unpaired) electrons. The van der Waals surface area contributed by atoms with Crippen LogP contribution in [0.1, 0.15) is 42.6 Å². The molecule has 0 bridgehead atoms. The molecule has 2 saturated carbocycles. The normalized spacial score (nSPS) is 20.0. The zero-order valence-electron chi connectivity index (χ0n) is 15.5. The quantitative estimate of drug-likeness (QED) is 0.810. The third-order valence-corrected chi connectivity index (χ3v) is 5.15. The fraction of sp³-hybridized carbons (Fsp3) is 0.778. The van der Waals surface area contributed by atoms with Gasteiger partial charge in [-0.2, -0.15) is 18.3 Å². The molecule has 9 heteroatoms. The van der Waals surface area contributed by atoms with Crippen molar-refractivity contribution in [3.8, 4) is 0 Å². The second kappa shape index (κ2) is 8.18. The van der Waals surface area contributed by atoms with Crippen molar-refractivity contribution in [1.29, 1.82) is 0 Å². The molecule has 0 aromatic carbocycles. The molecule has 3 aliphatic rings. The van der Waals surface area contributed by atoms with Crippen LogP contribution in [0.2, 0.25) is 0 Å². The number of aromatic nitrogens is 2. The smallest absolute Gasteiger partial charge is 0.475 e. The van der Waals surface area contributed by atoms with E-state index in [1.165, 1.54) is 55.7 Å². The molecular formula is C18H26F3N3O3. The average molecular weight is 389 g/mol. The molecule has 27 heavy (non-hydrogen) atoms. The molecule has 0 amide bonds. The van der Waals surface area contributed by atoms with Crippen molar-refractivity contribution < 1.29 is 27.8 Å². The number of carboxylic acids is 1. The van der Waals surface area contributed by atoms with Crippen molar-refractivity contribution in [2.75, 3.05) is 19.7 Å². The largest absolute Gasteiger partial charge is 0.490 e. The lowest BCUT2D eigenvalue weighted by molar-refractivity contribution is -0.192. The lowest BCUT2D eigenvalue weighted by Crippen LogP contribution is -2.33. The number of alkyl halides is 3. The number of rotatable bonds is 6. The van der Waals surface area contributed by atoms with Gasteiger partial charge < -0.3 is 9.84 Å². The van der Waals surface area contributed by atoms with Gasteiger partial charge in [-0.05, 0) is 43.9 Å². The lowest BCUT2D eigenvalue weighted by atomic mass is 10.0. The zero-order valence-corrected chi connectivity index (χ0v) is 15.5. The van der Waals surface area contributed by atoms with Crippen molar-refractivity contribution >= 4 is 5.97 Å². The van der Waals surface area contributed by atoms with Gasteiger partial charge >= 0.3 is 12.1 Å². The van der Waals surface area contributed by atoms with Gasteiger partial charge in [-0.25, -0.2) is 4.79 Å². The SMILES string of the molecule is Cn1nc(COCC2CC2)c2c1CN(CC1CC1)CC2.O=C(O)C(F)(F)F. The molecule has 152 valence electrons. The summed E-state index contributed by atoms with van der Waals surface area (Å²) in [6.45, 7) is 5.21. The van der Waals surface area contributed by atoms with Crippen molar-refractivity contribution in [2.45, 2.75) is 51.4 Å². The molecule has 6 nitrogen and oxygen atoms in total. The van der Waals surface area contributed by atoms with Crippen LogP contribution in [0.5, 0.6) is 0 Å². The highest BCUT2D eigenvalue weighted by Crippen LogP contribution is 2.32. The molecule has 2 fully saturated rings. The Morgan fingerprint density at radius 1 is 1.26 bits per heavy atom. The summed E-state index contributed by atoms with van der Waals surface area (Å²) in [5.74, 6) is -0.942. The van der Waals surface area contributed by atoms with E-state index in [0.717, 1.165) is 31.4 Å². The number of carboxylic acid groups (broad SMARTS) is 1. The third kappa shape index (κ3) is 5.93. The molecule has 1 aromatic heterocycles. The Balaban J connectivity index is 0.000000260. The summed E-state index contributed by atoms with van der Waals surface area (Å²) in [4.78, 5) is 11.5. The first-order chi connectivity index (χ1) is 12.7. The van der Waals surface area contributed by atoms with Gasteiger partial charge in [0.2, 0.25) is 0 Å². The summed E-state index contributed by atoms with van der Waals surface area (Å²) in [7, 11) is 2.09. The summed E-state index contributed by atoms with van der Waals surface area (Å²) in [6.07, 6.45) is 1.66. The molecule has 0 atom stereocenters. The van der Waals surface area contributed by atoms with Gasteiger partial charge in [-0.3, -0.25) is 9.58 Å². The van der Waals surface area contributed by atoms with E-state index in [1.54, 1.807) is 0 Å². The maximum atomic E-state index is 10.6. The monoisotopic (exact) mass is 389 g/mol. The van der Waals surface area contributed by atoms with Crippen LogP contribution in [0.3, 0.4) is 0 Å². The van der Waals surface area contributed by atoms with E-state index < -0.39 is 12.1 Å². The van der Waals surface area contributed by atoms with Crippen LogP contribution in [0.15, 0.2) is 0 Å². The van der Waals surface area contributed by atoms with Crippen LogP contribution in [-0.2, 0) is 36.2 Å².